The van der Waals surface area contributed by atoms with Crippen LogP contribution in [0.25, 0.3) is 11.3 Å². The minimum Gasteiger partial charge on any atom is -0.457 e. The summed E-state index contributed by atoms with van der Waals surface area (Å²) in [4.78, 5) is 11.9. The molecule has 140 valence electrons. The van der Waals surface area contributed by atoms with E-state index in [0.29, 0.717) is 16.5 Å². The van der Waals surface area contributed by atoms with E-state index in [9.17, 15) is 13.2 Å². The van der Waals surface area contributed by atoms with Gasteiger partial charge in [-0.2, -0.15) is 5.10 Å². The summed E-state index contributed by atoms with van der Waals surface area (Å²) in [6.07, 6.45) is 2.60. The number of hydrogen-bond acceptors (Lipinski definition) is 5. The fourth-order valence-electron chi connectivity index (χ4n) is 2.46. The highest BCUT2D eigenvalue weighted by atomic mass is 35.5. The van der Waals surface area contributed by atoms with Crippen molar-refractivity contribution >= 4 is 27.5 Å². The number of hydrogen-bond donors (Lipinski definition) is 1. The Morgan fingerprint density at radius 1 is 1.15 bits per heavy atom. The van der Waals surface area contributed by atoms with Crippen LogP contribution >= 0.6 is 11.6 Å². The van der Waals surface area contributed by atoms with Gasteiger partial charge in [0.05, 0.1) is 11.9 Å². The second-order valence-electron chi connectivity index (χ2n) is 5.81. The minimum absolute atomic E-state index is 0.204. The molecule has 0 bridgehead atoms. The van der Waals surface area contributed by atoms with Crippen molar-refractivity contribution in [2.24, 2.45) is 7.05 Å². The molecule has 0 saturated heterocycles. The van der Waals surface area contributed by atoms with Crippen LogP contribution in [-0.4, -0.2) is 30.4 Å². The molecule has 1 aromatic heterocycles. The van der Waals surface area contributed by atoms with E-state index in [0.717, 1.165) is 17.5 Å². The first-order valence-electron chi connectivity index (χ1n) is 7.81. The maximum atomic E-state index is 11.9. The van der Waals surface area contributed by atoms with Crippen molar-refractivity contribution in [1.29, 1.82) is 0 Å². The zero-order valence-electron chi connectivity index (χ0n) is 14.5. The topological polar surface area (TPSA) is 90.3 Å². The van der Waals surface area contributed by atoms with Gasteiger partial charge < -0.3 is 4.74 Å². The lowest BCUT2D eigenvalue weighted by Crippen LogP contribution is -2.29. The van der Waals surface area contributed by atoms with Crippen LogP contribution in [-0.2, 0) is 17.1 Å². The molecule has 3 rings (SSSR count). The van der Waals surface area contributed by atoms with Crippen LogP contribution in [0.5, 0.6) is 11.5 Å². The van der Waals surface area contributed by atoms with Crippen LogP contribution in [0.1, 0.15) is 10.4 Å². The van der Waals surface area contributed by atoms with E-state index in [4.69, 9.17) is 16.3 Å². The number of benzene rings is 2. The Morgan fingerprint density at radius 2 is 1.85 bits per heavy atom. The first-order valence-corrected chi connectivity index (χ1v) is 10.1. The highest BCUT2D eigenvalue weighted by Gasteiger charge is 2.13. The van der Waals surface area contributed by atoms with Crippen molar-refractivity contribution in [2.45, 2.75) is 0 Å². The standard InChI is InChI=1S/C18H16ClN3O4S/c1-22-16(9-10-20-22)15-11-13(19)5-8-17(15)26-14-6-3-12(4-7-14)18(23)21-27(2,24)25/h3-11H,1-2H3,(H,21,23). The molecule has 1 N–H and O–H groups in total. The molecule has 0 atom stereocenters. The van der Waals surface area contributed by atoms with Crippen molar-refractivity contribution in [3.63, 3.8) is 0 Å². The molecule has 1 amide bonds. The Bertz CT molecular complexity index is 1090. The second-order valence-corrected chi connectivity index (χ2v) is 8.00. The second kappa shape index (κ2) is 7.42. The third-order valence-electron chi connectivity index (χ3n) is 3.66. The Balaban J connectivity index is 1.86. The fourth-order valence-corrected chi connectivity index (χ4v) is 3.08. The van der Waals surface area contributed by atoms with Crippen LogP contribution in [0.15, 0.2) is 54.7 Å². The van der Waals surface area contributed by atoms with Gasteiger partial charge in [-0.05, 0) is 48.5 Å². The molecule has 0 radical (unpaired) electrons. The van der Waals surface area contributed by atoms with Crippen molar-refractivity contribution in [2.75, 3.05) is 6.26 Å². The number of ether oxygens (including phenoxy) is 1. The summed E-state index contributed by atoms with van der Waals surface area (Å²) in [5.41, 5.74) is 1.80. The summed E-state index contributed by atoms with van der Waals surface area (Å²) < 4.78 is 31.9. The number of aromatic nitrogens is 2. The van der Waals surface area contributed by atoms with Crippen molar-refractivity contribution in [3.8, 4) is 22.8 Å². The fraction of sp³-hybridized carbons (Fsp3) is 0.111. The average Bonchev–Trinajstić information content (AvgIpc) is 3.01. The molecular formula is C18H16ClN3O4S. The van der Waals surface area contributed by atoms with Gasteiger partial charge in [0, 0.05) is 29.4 Å². The number of carbonyl (C=O) groups is 1. The Labute approximate surface area is 161 Å². The number of nitrogens with zero attached hydrogens (tertiary/aromatic N) is 2. The molecule has 3 aromatic rings. The van der Waals surface area contributed by atoms with E-state index in [1.165, 1.54) is 12.1 Å². The molecule has 1 heterocycles. The number of halogens is 1. The highest BCUT2D eigenvalue weighted by Crippen LogP contribution is 2.35. The molecule has 0 aliphatic rings. The SMILES string of the molecule is Cn1nccc1-c1cc(Cl)ccc1Oc1ccc(C(=O)NS(C)(=O)=O)cc1. The van der Waals surface area contributed by atoms with E-state index in [-0.39, 0.29) is 5.56 Å². The normalized spacial score (nSPS) is 11.2. The lowest BCUT2D eigenvalue weighted by atomic mass is 10.1. The summed E-state index contributed by atoms with van der Waals surface area (Å²) in [6.45, 7) is 0. The maximum Gasteiger partial charge on any atom is 0.264 e. The monoisotopic (exact) mass is 405 g/mol. The largest absolute Gasteiger partial charge is 0.457 e. The lowest BCUT2D eigenvalue weighted by Gasteiger charge is -2.12. The van der Waals surface area contributed by atoms with Crippen LogP contribution in [0.3, 0.4) is 0 Å². The molecule has 0 saturated carbocycles. The molecule has 27 heavy (non-hydrogen) atoms. The van der Waals surface area contributed by atoms with E-state index < -0.39 is 15.9 Å². The van der Waals surface area contributed by atoms with Gasteiger partial charge in [-0.3, -0.25) is 9.48 Å². The Hall–Kier alpha value is -2.84. The molecule has 0 fully saturated rings. The summed E-state index contributed by atoms with van der Waals surface area (Å²) >= 11 is 6.12. The molecule has 0 aliphatic heterocycles. The quantitative estimate of drug-likeness (QED) is 0.703. The van der Waals surface area contributed by atoms with Gasteiger partial charge in [0.25, 0.3) is 5.91 Å². The van der Waals surface area contributed by atoms with Gasteiger partial charge in [-0.15, -0.1) is 0 Å². The smallest absolute Gasteiger partial charge is 0.264 e. The lowest BCUT2D eigenvalue weighted by molar-refractivity contribution is 0.0981. The van der Waals surface area contributed by atoms with Gasteiger partial charge in [-0.25, -0.2) is 13.1 Å². The minimum atomic E-state index is -3.62. The van der Waals surface area contributed by atoms with Gasteiger partial charge in [-0.1, -0.05) is 11.6 Å². The third-order valence-corrected chi connectivity index (χ3v) is 4.45. The predicted molar refractivity (Wildman–Crippen MR) is 102 cm³/mol. The van der Waals surface area contributed by atoms with Gasteiger partial charge >= 0.3 is 0 Å². The van der Waals surface area contributed by atoms with Crippen LogP contribution in [0.2, 0.25) is 5.02 Å². The van der Waals surface area contributed by atoms with Crippen LogP contribution in [0.4, 0.5) is 0 Å². The molecule has 9 heteroatoms. The summed E-state index contributed by atoms with van der Waals surface area (Å²) in [5, 5.41) is 4.72. The predicted octanol–water partition coefficient (Wildman–Crippen LogP) is 3.22. The van der Waals surface area contributed by atoms with Crippen molar-refractivity contribution < 1.29 is 17.9 Å². The summed E-state index contributed by atoms with van der Waals surface area (Å²) in [7, 11) is -1.81. The average molecular weight is 406 g/mol. The molecule has 0 aliphatic carbocycles. The van der Waals surface area contributed by atoms with Gasteiger partial charge in [0.1, 0.15) is 11.5 Å². The maximum absolute atomic E-state index is 11.9. The Kier molecular flexibility index (Phi) is 5.20. The number of rotatable bonds is 5. The Morgan fingerprint density at radius 3 is 2.44 bits per heavy atom. The van der Waals surface area contributed by atoms with E-state index in [2.05, 4.69) is 5.10 Å². The molecule has 0 spiro atoms. The van der Waals surface area contributed by atoms with Gasteiger partial charge in [0.2, 0.25) is 10.0 Å². The number of carbonyl (C=O) groups excluding carboxylic acids is 1. The van der Waals surface area contributed by atoms with Gasteiger partial charge in [0.15, 0.2) is 0 Å². The third kappa shape index (κ3) is 4.66. The van der Waals surface area contributed by atoms with Crippen LogP contribution < -0.4 is 9.46 Å². The molecule has 7 nitrogen and oxygen atoms in total. The molecular weight excluding hydrogens is 390 g/mol. The first kappa shape index (κ1) is 18.9. The van der Waals surface area contributed by atoms with Crippen molar-refractivity contribution in [1.82, 2.24) is 14.5 Å². The molecule has 0 unspecified atom stereocenters. The van der Waals surface area contributed by atoms with E-state index in [1.807, 2.05) is 17.8 Å². The zero-order valence-corrected chi connectivity index (χ0v) is 16.1. The number of amides is 1. The highest BCUT2D eigenvalue weighted by molar-refractivity contribution is 7.89. The van der Waals surface area contributed by atoms with Crippen LogP contribution in [0, 0.1) is 0 Å². The first-order chi connectivity index (χ1) is 12.7. The van der Waals surface area contributed by atoms with E-state index >= 15 is 0 Å². The zero-order chi connectivity index (χ0) is 19.6. The number of sulfonamides is 1. The number of aryl methyl sites for hydroxylation is 1. The number of nitrogens with one attached hydrogen (secondary N) is 1. The molecule has 2 aromatic carbocycles. The summed E-state index contributed by atoms with van der Waals surface area (Å²) in [6, 6.07) is 13.2. The summed E-state index contributed by atoms with van der Waals surface area (Å²) in [5.74, 6) is 0.346. The van der Waals surface area contributed by atoms with Crippen molar-refractivity contribution in [3.05, 3.63) is 65.3 Å². The van der Waals surface area contributed by atoms with E-state index in [1.54, 1.807) is 41.2 Å².